The van der Waals surface area contributed by atoms with E-state index in [1.54, 1.807) is 0 Å². The molecule has 1 aromatic rings. The monoisotopic (exact) mass is 171 g/mol. The van der Waals surface area contributed by atoms with E-state index in [-0.39, 0.29) is 5.46 Å². The van der Waals surface area contributed by atoms with Crippen LogP contribution in [0.3, 0.4) is 0 Å². The van der Waals surface area contributed by atoms with E-state index in [4.69, 9.17) is 7.85 Å². The molecule has 1 rings (SSSR count). The van der Waals surface area contributed by atoms with Gasteiger partial charge in [0.1, 0.15) is 13.5 Å². The second-order valence-corrected chi connectivity index (χ2v) is 2.42. The van der Waals surface area contributed by atoms with Gasteiger partial charge in [-0.05, 0) is 13.0 Å². The second kappa shape index (κ2) is 2.81. The van der Waals surface area contributed by atoms with E-state index in [0.717, 1.165) is 12.3 Å². The summed E-state index contributed by atoms with van der Waals surface area (Å²) in [7, 11) is 5.30. The maximum Gasteiger partial charge on any atom is 0.433 e. The van der Waals surface area contributed by atoms with Crippen LogP contribution in [0.4, 0.5) is 13.2 Å². The summed E-state index contributed by atoms with van der Waals surface area (Å²) < 4.78 is 36.0. The second-order valence-electron chi connectivity index (χ2n) is 2.42. The molecule has 0 aromatic carbocycles. The summed E-state index contributed by atoms with van der Waals surface area (Å²) in [5.74, 6) is 0. The van der Waals surface area contributed by atoms with Gasteiger partial charge in [0.25, 0.3) is 0 Å². The smallest absolute Gasteiger partial charge is 0.252 e. The lowest BCUT2D eigenvalue weighted by Crippen LogP contribution is -2.14. The zero-order valence-corrected chi connectivity index (χ0v) is 6.31. The van der Waals surface area contributed by atoms with Gasteiger partial charge in [0, 0.05) is 6.20 Å². The molecule has 0 aliphatic rings. The molecule has 12 heavy (non-hydrogen) atoms. The van der Waals surface area contributed by atoms with Gasteiger partial charge in [0.15, 0.2) is 0 Å². The van der Waals surface area contributed by atoms with E-state index < -0.39 is 11.9 Å². The van der Waals surface area contributed by atoms with Gasteiger partial charge in [0.05, 0.1) is 0 Å². The molecule has 5 heteroatoms. The van der Waals surface area contributed by atoms with E-state index in [2.05, 4.69) is 4.98 Å². The van der Waals surface area contributed by atoms with Crippen molar-refractivity contribution in [2.24, 2.45) is 0 Å². The fraction of sp³-hybridized carbons (Fsp3) is 0.286. The number of halogens is 3. The van der Waals surface area contributed by atoms with Gasteiger partial charge in [0.2, 0.25) is 0 Å². The van der Waals surface area contributed by atoms with E-state index in [1.807, 2.05) is 0 Å². The number of hydrogen-bond acceptors (Lipinski definition) is 1. The topological polar surface area (TPSA) is 12.9 Å². The highest BCUT2D eigenvalue weighted by atomic mass is 19.4. The highest BCUT2D eigenvalue weighted by Gasteiger charge is 2.32. The van der Waals surface area contributed by atoms with Crippen LogP contribution in [0.1, 0.15) is 11.3 Å². The Hall–Kier alpha value is -0.995. The van der Waals surface area contributed by atoms with Crippen molar-refractivity contribution in [3.05, 3.63) is 23.5 Å². The quantitative estimate of drug-likeness (QED) is 0.534. The fourth-order valence-corrected chi connectivity index (χ4v) is 0.722. The zero-order valence-electron chi connectivity index (χ0n) is 6.31. The van der Waals surface area contributed by atoms with Gasteiger partial charge < -0.3 is 0 Å². The molecule has 0 fully saturated rings. The van der Waals surface area contributed by atoms with Gasteiger partial charge >= 0.3 is 6.18 Å². The van der Waals surface area contributed by atoms with E-state index in [9.17, 15) is 13.2 Å². The lowest BCUT2D eigenvalue weighted by molar-refractivity contribution is -0.141. The molecule has 0 amide bonds. The molecule has 0 aliphatic carbocycles. The largest absolute Gasteiger partial charge is 0.433 e. The van der Waals surface area contributed by atoms with Crippen LogP contribution in [-0.4, -0.2) is 12.8 Å². The van der Waals surface area contributed by atoms with Crippen molar-refractivity contribution in [1.82, 2.24) is 4.98 Å². The summed E-state index contributed by atoms with van der Waals surface area (Å²) in [4.78, 5) is 3.16. The minimum atomic E-state index is -4.39. The Labute approximate surface area is 69.0 Å². The number of nitrogens with zero attached hydrogens (tertiary/aromatic N) is 1. The van der Waals surface area contributed by atoms with Crippen LogP contribution in [0.2, 0.25) is 0 Å². The molecule has 0 saturated carbocycles. The Morgan fingerprint density at radius 1 is 1.42 bits per heavy atom. The van der Waals surface area contributed by atoms with Crippen molar-refractivity contribution < 1.29 is 13.2 Å². The summed E-state index contributed by atoms with van der Waals surface area (Å²) in [6.45, 7) is 1.51. The third-order valence-corrected chi connectivity index (χ3v) is 1.44. The number of aryl methyl sites for hydroxylation is 1. The van der Waals surface area contributed by atoms with Gasteiger partial charge in [-0.25, -0.2) is 0 Å². The van der Waals surface area contributed by atoms with Crippen molar-refractivity contribution in [3.8, 4) is 0 Å². The summed E-state index contributed by atoms with van der Waals surface area (Å²) in [6.07, 6.45) is -3.38. The van der Waals surface area contributed by atoms with E-state index in [0.29, 0.717) is 5.56 Å². The highest BCUT2D eigenvalue weighted by Crippen LogP contribution is 2.26. The third kappa shape index (κ3) is 1.78. The van der Waals surface area contributed by atoms with Gasteiger partial charge in [-0.15, -0.1) is 0 Å². The molecule has 2 radical (unpaired) electrons. The molecule has 1 heterocycles. The summed E-state index contributed by atoms with van der Waals surface area (Å²) in [5, 5.41) is 0. The Morgan fingerprint density at radius 2 is 2.00 bits per heavy atom. The zero-order chi connectivity index (χ0) is 9.35. The number of aromatic nitrogens is 1. The van der Waals surface area contributed by atoms with Crippen molar-refractivity contribution >= 4 is 13.3 Å². The van der Waals surface area contributed by atoms with Crippen molar-refractivity contribution in [3.63, 3.8) is 0 Å². The third-order valence-electron chi connectivity index (χ3n) is 1.44. The number of alkyl halides is 3. The van der Waals surface area contributed by atoms with Crippen LogP contribution in [0, 0.1) is 6.92 Å². The normalized spacial score (nSPS) is 11.7. The molecule has 0 N–H and O–H groups in total. The van der Waals surface area contributed by atoms with Crippen LogP contribution in [0.25, 0.3) is 0 Å². The SMILES string of the molecule is [B]c1cnc(C(F)(F)F)cc1C. The predicted molar refractivity (Wildman–Crippen MR) is 39.4 cm³/mol. The first-order valence-corrected chi connectivity index (χ1v) is 3.20. The summed E-state index contributed by atoms with van der Waals surface area (Å²) in [6, 6.07) is 0.926. The van der Waals surface area contributed by atoms with Crippen molar-refractivity contribution in [2.75, 3.05) is 0 Å². The van der Waals surface area contributed by atoms with Crippen LogP contribution >= 0.6 is 0 Å². The summed E-state index contributed by atoms with van der Waals surface area (Å²) >= 11 is 0. The number of pyridine rings is 1. The fourth-order valence-electron chi connectivity index (χ4n) is 0.722. The Balaban J connectivity index is 3.14. The molecule has 1 aromatic heterocycles. The first-order valence-electron chi connectivity index (χ1n) is 3.20. The number of hydrogen-bond donors (Lipinski definition) is 0. The molecular formula is C7H5BF3N. The number of rotatable bonds is 0. The Kier molecular flexibility index (Phi) is 2.13. The van der Waals surface area contributed by atoms with Crippen LogP contribution in [-0.2, 0) is 6.18 Å². The van der Waals surface area contributed by atoms with E-state index in [1.165, 1.54) is 6.92 Å². The first kappa shape index (κ1) is 9.10. The van der Waals surface area contributed by atoms with Gasteiger partial charge in [-0.2, -0.15) is 13.2 Å². The molecular weight excluding hydrogens is 166 g/mol. The van der Waals surface area contributed by atoms with Gasteiger partial charge in [-0.3, -0.25) is 4.98 Å². The van der Waals surface area contributed by atoms with Crippen LogP contribution < -0.4 is 5.46 Å². The minimum absolute atomic E-state index is 0.267. The van der Waals surface area contributed by atoms with Crippen molar-refractivity contribution in [1.29, 1.82) is 0 Å². The molecule has 0 saturated heterocycles. The Morgan fingerprint density at radius 3 is 2.42 bits per heavy atom. The predicted octanol–water partition coefficient (Wildman–Crippen LogP) is 1.20. The summed E-state index contributed by atoms with van der Waals surface area (Å²) in [5.41, 5.74) is -0.255. The van der Waals surface area contributed by atoms with Crippen molar-refractivity contribution in [2.45, 2.75) is 13.1 Å². The molecule has 62 valence electrons. The average Bonchev–Trinajstić information content (AvgIpc) is 1.92. The first-order chi connectivity index (χ1) is 5.41. The molecule has 0 unspecified atom stereocenters. The average molecular weight is 171 g/mol. The lowest BCUT2D eigenvalue weighted by Gasteiger charge is -2.07. The van der Waals surface area contributed by atoms with Gasteiger partial charge in [-0.1, -0.05) is 11.0 Å². The highest BCUT2D eigenvalue weighted by molar-refractivity contribution is 6.33. The molecule has 0 spiro atoms. The minimum Gasteiger partial charge on any atom is -0.252 e. The van der Waals surface area contributed by atoms with E-state index >= 15 is 0 Å². The maximum absolute atomic E-state index is 12.0. The standard InChI is InChI=1S/C7H5BF3N/c1-4-2-6(7(9,10)11)12-3-5(4)8/h2-3H,1H3. The molecule has 0 bridgehead atoms. The van der Waals surface area contributed by atoms with Crippen LogP contribution in [0.5, 0.6) is 0 Å². The molecule has 1 nitrogen and oxygen atoms in total. The Bertz CT molecular complexity index is 295. The molecule has 0 atom stereocenters. The van der Waals surface area contributed by atoms with Crippen LogP contribution in [0.15, 0.2) is 12.3 Å². The lowest BCUT2D eigenvalue weighted by atomic mass is 9.93. The molecule has 0 aliphatic heterocycles. The maximum atomic E-state index is 12.0.